The van der Waals surface area contributed by atoms with Crippen LogP contribution in [0.3, 0.4) is 0 Å². The number of nitrogens with one attached hydrogen (secondary N) is 2. The first-order valence-electron chi connectivity index (χ1n) is 8.90. The third kappa shape index (κ3) is 6.42. The second kappa shape index (κ2) is 10.1. The minimum atomic E-state index is -0.352. The van der Waals surface area contributed by atoms with E-state index in [2.05, 4.69) is 10.6 Å². The molecule has 28 heavy (non-hydrogen) atoms. The van der Waals surface area contributed by atoms with E-state index in [-0.39, 0.29) is 37.0 Å². The molecule has 148 valence electrons. The van der Waals surface area contributed by atoms with Crippen LogP contribution in [0.15, 0.2) is 48.5 Å². The number of benzene rings is 2. The Balaban J connectivity index is 1.74. The summed E-state index contributed by atoms with van der Waals surface area (Å²) in [4.78, 5) is 38.0. The first-order chi connectivity index (χ1) is 13.4. The largest absolute Gasteiger partial charge is 0.497 e. The number of hydrogen-bond acceptors (Lipinski definition) is 5. The number of ketones is 1. The molecule has 2 aromatic rings. The molecule has 0 fully saturated rings. The molecule has 7 nitrogen and oxygen atoms in total. The fourth-order valence-corrected chi connectivity index (χ4v) is 2.48. The van der Waals surface area contributed by atoms with E-state index in [1.165, 1.54) is 7.11 Å². The van der Waals surface area contributed by atoms with Crippen LogP contribution in [-0.2, 0) is 9.59 Å². The number of carbonyl (C=O) groups excluding carboxylic acids is 3. The van der Waals surface area contributed by atoms with Crippen LogP contribution in [0.5, 0.6) is 5.75 Å². The van der Waals surface area contributed by atoms with Gasteiger partial charge < -0.3 is 20.3 Å². The average molecular weight is 383 g/mol. The Hall–Kier alpha value is -3.35. The van der Waals surface area contributed by atoms with Gasteiger partial charge in [-0.05, 0) is 36.4 Å². The van der Waals surface area contributed by atoms with Crippen LogP contribution < -0.4 is 20.3 Å². The Bertz CT molecular complexity index is 832. The maximum absolute atomic E-state index is 12.2. The summed E-state index contributed by atoms with van der Waals surface area (Å²) in [6.45, 7) is -0.151. The van der Waals surface area contributed by atoms with Crippen LogP contribution in [0.25, 0.3) is 0 Å². The zero-order valence-electron chi connectivity index (χ0n) is 16.3. The molecule has 7 heteroatoms. The van der Waals surface area contributed by atoms with E-state index in [9.17, 15) is 14.4 Å². The number of nitrogens with zero attached hydrogens (tertiary/aromatic N) is 1. The molecule has 0 saturated heterocycles. The van der Waals surface area contributed by atoms with Crippen LogP contribution in [0.1, 0.15) is 23.2 Å². The van der Waals surface area contributed by atoms with E-state index in [0.29, 0.717) is 17.0 Å². The van der Waals surface area contributed by atoms with Crippen molar-refractivity contribution in [1.82, 2.24) is 5.32 Å². The first kappa shape index (κ1) is 21.0. The molecule has 0 aliphatic rings. The Morgan fingerprint density at radius 1 is 0.964 bits per heavy atom. The summed E-state index contributed by atoms with van der Waals surface area (Å²) < 4.78 is 5.08. The minimum absolute atomic E-state index is 0.0147. The van der Waals surface area contributed by atoms with Gasteiger partial charge in [0.25, 0.3) is 0 Å². The molecule has 2 N–H and O–H groups in total. The topological polar surface area (TPSA) is 87.7 Å². The van der Waals surface area contributed by atoms with Crippen molar-refractivity contribution in [1.29, 1.82) is 0 Å². The Kier molecular flexibility index (Phi) is 7.56. The molecule has 0 aromatic heterocycles. The van der Waals surface area contributed by atoms with Gasteiger partial charge in [-0.25, -0.2) is 0 Å². The van der Waals surface area contributed by atoms with Gasteiger partial charge in [-0.15, -0.1) is 0 Å². The maximum Gasteiger partial charge on any atom is 0.243 e. The number of anilines is 2. The van der Waals surface area contributed by atoms with Crippen molar-refractivity contribution in [2.45, 2.75) is 12.8 Å². The fraction of sp³-hybridized carbons (Fsp3) is 0.286. The van der Waals surface area contributed by atoms with E-state index < -0.39 is 0 Å². The molecule has 2 rings (SSSR count). The average Bonchev–Trinajstić information content (AvgIpc) is 2.70. The molecule has 0 spiro atoms. The van der Waals surface area contributed by atoms with E-state index in [1.807, 2.05) is 31.1 Å². The normalized spacial score (nSPS) is 10.1. The van der Waals surface area contributed by atoms with Crippen molar-refractivity contribution in [3.63, 3.8) is 0 Å². The lowest BCUT2D eigenvalue weighted by Crippen LogP contribution is -2.33. The molecule has 0 atom stereocenters. The monoisotopic (exact) mass is 383 g/mol. The molecule has 2 amide bonds. The standard InChI is InChI=1S/C21H25N3O4/c1-24(2)17-9-7-16(8-10-17)23-21(27)14-22-20(26)12-11-19(25)15-5-4-6-18(13-15)28-3/h4-10,13H,11-12,14H2,1-3H3,(H,22,26)(H,23,27). The molecule has 0 bridgehead atoms. The quantitative estimate of drug-likeness (QED) is 0.650. The number of hydrogen-bond donors (Lipinski definition) is 2. The summed E-state index contributed by atoms with van der Waals surface area (Å²) in [5.74, 6) is -0.246. The Morgan fingerprint density at radius 2 is 1.68 bits per heavy atom. The third-order valence-electron chi connectivity index (χ3n) is 4.08. The summed E-state index contributed by atoms with van der Waals surface area (Å²) >= 11 is 0. The first-order valence-corrected chi connectivity index (χ1v) is 8.90. The van der Waals surface area contributed by atoms with E-state index in [1.54, 1.807) is 36.4 Å². The molecular formula is C21H25N3O4. The van der Waals surface area contributed by atoms with Gasteiger partial charge in [-0.2, -0.15) is 0 Å². The highest BCUT2D eigenvalue weighted by Gasteiger charge is 2.11. The van der Waals surface area contributed by atoms with Crippen LogP contribution in [-0.4, -0.2) is 45.3 Å². The molecule has 0 aliphatic carbocycles. The molecule has 0 saturated carbocycles. The van der Waals surface area contributed by atoms with Gasteiger partial charge >= 0.3 is 0 Å². The lowest BCUT2D eigenvalue weighted by molar-refractivity contribution is -0.124. The second-order valence-corrected chi connectivity index (χ2v) is 6.42. The van der Waals surface area contributed by atoms with Gasteiger partial charge in [0.15, 0.2) is 5.78 Å². The lowest BCUT2D eigenvalue weighted by Gasteiger charge is -2.13. The van der Waals surface area contributed by atoms with Crippen molar-refractivity contribution >= 4 is 29.0 Å². The van der Waals surface area contributed by atoms with E-state index in [4.69, 9.17) is 4.74 Å². The smallest absolute Gasteiger partial charge is 0.243 e. The number of Topliss-reactive ketones (excluding diaryl/α,β-unsaturated/α-hetero) is 1. The Morgan fingerprint density at radius 3 is 2.32 bits per heavy atom. The van der Waals surface area contributed by atoms with Crippen LogP contribution in [0, 0.1) is 0 Å². The second-order valence-electron chi connectivity index (χ2n) is 6.42. The van der Waals surface area contributed by atoms with Gasteiger partial charge in [-0.3, -0.25) is 14.4 Å². The molecule has 0 heterocycles. The Labute approximate surface area is 164 Å². The minimum Gasteiger partial charge on any atom is -0.497 e. The van der Waals surface area contributed by atoms with Crippen LogP contribution >= 0.6 is 0 Å². The van der Waals surface area contributed by atoms with Crippen molar-refractivity contribution in [3.05, 3.63) is 54.1 Å². The fourth-order valence-electron chi connectivity index (χ4n) is 2.48. The molecule has 2 aromatic carbocycles. The molecule has 0 aliphatic heterocycles. The van der Waals surface area contributed by atoms with Crippen LogP contribution in [0.2, 0.25) is 0 Å². The summed E-state index contributed by atoms with van der Waals surface area (Å²) in [5, 5.41) is 5.24. The van der Waals surface area contributed by atoms with Gasteiger partial charge in [0.1, 0.15) is 5.75 Å². The molecule has 0 unspecified atom stereocenters. The molecule has 0 radical (unpaired) electrons. The maximum atomic E-state index is 12.2. The SMILES string of the molecule is COc1cccc(C(=O)CCC(=O)NCC(=O)Nc2ccc(N(C)C)cc2)c1. The van der Waals surface area contributed by atoms with Crippen molar-refractivity contribution < 1.29 is 19.1 Å². The summed E-state index contributed by atoms with van der Waals surface area (Å²) in [5.41, 5.74) is 2.16. The summed E-state index contributed by atoms with van der Waals surface area (Å²) in [6.07, 6.45) is 0.0769. The summed E-state index contributed by atoms with van der Waals surface area (Å²) in [7, 11) is 5.39. The van der Waals surface area contributed by atoms with Gasteiger partial charge in [0, 0.05) is 43.9 Å². The van der Waals surface area contributed by atoms with Crippen molar-refractivity contribution in [2.75, 3.05) is 38.0 Å². The zero-order chi connectivity index (χ0) is 20.5. The molecular weight excluding hydrogens is 358 g/mol. The van der Waals surface area contributed by atoms with Crippen LogP contribution in [0.4, 0.5) is 11.4 Å². The number of ether oxygens (including phenoxy) is 1. The van der Waals surface area contributed by atoms with Crippen molar-refractivity contribution in [3.8, 4) is 5.75 Å². The van der Waals surface area contributed by atoms with E-state index >= 15 is 0 Å². The van der Waals surface area contributed by atoms with E-state index in [0.717, 1.165) is 5.69 Å². The predicted octanol–water partition coefficient (Wildman–Crippen LogP) is 2.48. The lowest BCUT2D eigenvalue weighted by atomic mass is 10.1. The van der Waals surface area contributed by atoms with Gasteiger partial charge in [0.05, 0.1) is 13.7 Å². The van der Waals surface area contributed by atoms with Crippen molar-refractivity contribution in [2.24, 2.45) is 0 Å². The highest BCUT2D eigenvalue weighted by atomic mass is 16.5. The predicted molar refractivity (Wildman–Crippen MR) is 109 cm³/mol. The number of amides is 2. The third-order valence-corrected chi connectivity index (χ3v) is 4.08. The zero-order valence-corrected chi connectivity index (χ0v) is 16.3. The van der Waals surface area contributed by atoms with Gasteiger partial charge in [-0.1, -0.05) is 12.1 Å². The number of rotatable bonds is 9. The highest BCUT2D eigenvalue weighted by molar-refractivity contribution is 5.99. The number of methoxy groups -OCH3 is 1. The number of carbonyl (C=O) groups is 3. The highest BCUT2D eigenvalue weighted by Crippen LogP contribution is 2.16. The summed E-state index contributed by atoms with van der Waals surface area (Å²) in [6, 6.07) is 14.1. The van der Waals surface area contributed by atoms with Gasteiger partial charge in [0.2, 0.25) is 11.8 Å².